The minimum atomic E-state index is -4.15. The van der Waals surface area contributed by atoms with Crippen molar-refractivity contribution in [2.45, 2.75) is 5.07 Å². The van der Waals surface area contributed by atoms with Crippen molar-refractivity contribution in [3.05, 3.63) is 28.2 Å². The van der Waals surface area contributed by atoms with Crippen LogP contribution >= 0.6 is 23.2 Å². The number of halogens is 5. The molecule has 0 amide bonds. The summed E-state index contributed by atoms with van der Waals surface area (Å²) in [6, 6.07) is 3.95. The van der Waals surface area contributed by atoms with Gasteiger partial charge in [-0.3, -0.25) is 0 Å². The van der Waals surface area contributed by atoms with Gasteiger partial charge in [-0.15, -0.1) is 0 Å². The fourth-order valence-corrected chi connectivity index (χ4v) is 2.34. The second-order valence-corrected chi connectivity index (χ2v) is 5.33. The quantitative estimate of drug-likeness (QED) is 0.699. The van der Waals surface area contributed by atoms with Crippen LogP contribution in [-0.2, 0) is 0 Å². The van der Waals surface area contributed by atoms with Crippen molar-refractivity contribution in [1.82, 2.24) is 0 Å². The predicted molar refractivity (Wildman–Crippen MR) is 47.9 cm³/mol. The summed E-state index contributed by atoms with van der Waals surface area (Å²) >= 11 is 9.54. The van der Waals surface area contributed by atoms with E-state index in [0.29, 0.717) is 0 Å². The van der Waals surface area contributed by atoms with Crippen LogP contribution in [-0.4, -0.2) is 20.0 Å². The van der Waals surface area contributed by atoms with Gasteiger partial charge in [0.15, 0.2) is 0 Å². The minimum absolute atomic E-state index is 0.158. The van der Waals surface area contributed by atoms with Gasteiger partial charge in [0, 0.05) is 0 Å². The normalized spacial score (nSPS) is 11.8. The van der Waals surface area contributed by atoms with Crippen LogP contribution in [0.25, 0.3) is 0 Å². The van der Waals surface area contributed by atoms with E-state index in [4.69, 9.17) is 23.2 Å². The van der Waals surface area contributed by atoms with Gasteiger partial charge in [0.2, 0.25) is 0 Å². The van der Waals surface area contributed by atoms with E-state index in [1.54, 1.807) is 0 Å². The van der Waals surface area contributed by atoms with Gasteiger partial charge in [-0.1, -0.05) is 0 Å². The summed E-state index contributed by atoms with van der Waals surface area (Å²) in [4.78, 5) is 0. The molecule has 1 aromatic rings. The van der Waals surface area contributed by atoms with Crippen LogP contribution in [0, 0.1) is 0 Å². The van der Waals surface area contributed by atoms with Crippen LogP contribution in [0.4, 0.5) is 13.2 Å². The van der Waals surface area contributed by atoms with E-state index >= 15 is 0 Å². The van der Waals surface area contributed by atoms with E-state index in [2.05, 4.69) is 0 Å². The molecule has 0 heterocycles. The first kappa shape index (κ1) is 11.2. The zero-order valence-electron chi connectivity index (χ0n) is 6.03. The molecule has 0 unspecified atom stereocenters. The van der Waals surface area contributed by atoms with Crippen molar-refractivity contribution in [1.29, 1.82) is 0 Å². The first-order valence-corrected chi connectivity index (χ1v) is 5.56. The molecule has 0 radical (unpaired) electrons. The molecule has 0 aromatic heterocycles. The van der Waals surface area contributed by atoms with Crippen molar-refractivity contribution in [2.24, 2.45) is 0 Å². The molecule has 0 saturated heterocycles. The summed E-state index contributed by atoms with van der Waals surface area (Å²) in [5.74, 6) is 0. The number of alkyl halides is 3. The number of hydrogen-bond acceptors (Lipinski definition) is 0. The molecule has 0 bridgehead atoms. The average molecular weight is 294 g/mol. The third-order valence-electron chi connectivity index (χ3n) is 1.12. The predicted octanol–water partition coefficient (Wildman–Crippen LogP) is 2.84. The molecular formula is C7H3Cl2F3Se. The van der Waals surface area contributed by atoms with Crippen LogP contribution < -0.4 is 4.46 Å². The van der Waals surface area contributed by atoms with E-state index in [0.717, 1.165) is 0 Å². The van der Waals surface area contributed by atoms with Gasteiger partial charge in [-0.2, -0.15) is 0 Å². The van der Waals surface area contributed by atoms with E-state index in [1.165, 1.54) is 18.2 Å². The molecule has 13 heavy (non-hydrogen) atoms. The Morgan fingerprint density at radius 3 is 2.15 bits per heavy atom. The SMILES string of the molecule is FC(F)(F)[Se]c1ccc(Cl)c(Cl)c1. The molecule has 0 nitrogen and oxygen atoms in total. The van der Waals surface area contributed by atoms with Crippen LogP contribution in [0.1, 0.15) is 0 Å². The molecule has 0 fully saturated rings. The summed E-state index contributed by atoms with van der Waals surface area (Å²) in [7, 11) is 0. The molecule has 0 aliphatic rings. The van der Waals surface area contributed by atoms with Gasteiger partial charge in [0.25, 0.3) is 0 Å². The molecule has 0 spiro atoms. The van der Waals surface area contributed by atoms with Crippen molar-refractivity contribution >= 4 is 42.6 Å². The summed E-state index contributed by atoms with van der Waals surface area (Å²) in [5.41, 5.74) is 0. The van der Waals surface area contributed by atoms with Gasteiger partial charge in [0.05, 0.1) is 0 Å². The fraction of sp³-hybridized carbons (Fsp3) is 0.143. The first-order valence-electron chi connectivity index (χ1n) is 3.09. The van der Waals surface area contributed by atoms with Crippen LogP contribution in [0.2, 0.25) is 10.0 Å². The Bertz CT molecular complexity index is 311. The van der Waals surface area contributed by atoms with Gasteiger partial charge in [-0.05, 0) is 0 Å². The molecular weight excluding hydrogens is 291 g/mol. The van der Waals surface area contributed by atoms with Gasteiger partial charge in [-0.25, -0.2) is 0 Å². The van der Waals surface area contributed by atoms with Crippen LogP contribution in [0.3, 0.4) is 0 Å². The molecule has 1 rings (SSSR count). The van der Waals surface area contributed by atoms with Gasteiger partial charge in [0.1, 0.15) is 0 Å². The zero-order valence-corrected chi connectivity index (χ0v) is 9.26. The summed E-state index contributed by atoms with van der Waals surface area (Å²) in [5, 5.41) is -3.72. The second kappa shape index (κ2) is 4.09. The number of benzene rings is 1. The Hall–Kier alpha value is 0.109. The Morgan fingerprint density at radius 1 is 1.08 bits per heavy atom. The van der Waals surface area contributed by atoms with Crippen molar-refractivity contribution in [3.63, 3.8) is 0 Å². The van der Waals surface area contributed by atoms with Gasteiger partial charge >= 0.3 is 89.1 Å². The summed E-state index contributed by atoms with van der Waals surface area (Å²) < 4.78 is 36.0. The van der Waals surface area contributed by atoms with E-state index < -0.39 is 20.0 Å². The molecule has 1 aromatic carbocycles. The summed E-state index contributed by atoms with van der Waals surface area (Å²) in [6.07, 6.45) is 0. The summed E-state index contributed by atoms with van der Waals surface area (Å²) in [6.45, 7) is 0. The van der Waals surface area contributed by atoms with E-state index in [-0.39, 0.29) is 14.5 Å². The molecule has 0 aliphatic heterocycles. The average Bonchev–Trinajstić information content (AvgIpc) is 1.94. The topological polar surface area (TPSA) is 0 Å². The Labute approximate surface area is 89.2 Å². The Kier molecular flexibility index (Phi) is 3.52. The molecule has 72 valence electrons. The molecule has 0 atom stereocenters. The third kappa shape index (κ3) is 3.77. The monoisotopic (exact) mass is 294 g/mol. The fourth-order valence-electron chi connectivity index (χ4n) is 0.674. The van der Waals surface area contributed by atoms with Crippen molar-refractivity contribution in [2.75, 3.05) is 0 Å². The van der Waals surface area contributed by atoms with Crippen LogP contribution in [0.5, 0.6) is 0 Å². The van der Waals surface area contributed by atoms with Crippen LogP contribution in [0.15, 0.2) is 18.2 Å². The van der Waals surface area contributed by atoms with E-state index in [1.807, 2.05) is 0 Å². The number of rotatable bonds is 1. The Morgan fingerprint density at radius 2 is 1.69 bits per heavy atom. The third-order valence-corrected chi connectivity index (χ3v) is 3.38. The maximum atomic E-state index is 11.9. The zero-order chi connectivity index (χ0) is 10.1. The second-order valence-electron chi connectivity index (χ2n) is 2.12. The maximum absolute atomic E-state index is 11.9. The Balaban J connectivity index is 2.86. The van der Waals surface area contributed by atoms with Crippen molar-refractivity contribution in [3.8, 4) is 0 Å². The number of hydrogen-bond donors (Lipinski definition) is 0. The van der Waals surface area contributed by atoms with Crippen molar-refractivity contribution < 1.29 is 13.2 Å². The molecule has 0 N–H and O–H groups in total. The molecule has 0 saturated carbocycles. The molecule has 6 heteroatoms. The first-order chi connectivity index (χ1) is 5.88. The molecule has 0 aliphatic carbocycles. The standard InChI is InChI=1S/C7H3Cl2F3Se/c8-5-2-1-4(3-6(5)9)13-7(10,11)12/h1-3H. The van der Waals surface area contributed by atoms with Gasteiger partial charge < -0.3 is 0 Å². The van der Waals surface area contributed by atoms with E-state index in [9.17, 15) is 13.2 Å².